The summed E-state index contributed by atoms with van der Waals surface area (Å²) in [5.74, 6) is 0. The molecular weight excluding hydrogens is 228 g/mol. The first-order valence-corrected chi connectivity index (χ1v) is 7.53. The maximum Gasteiger partial charge on any atom is 0.000624 e. The van der Waals surface area contributed by atoms with E-state index in [1.165, 1.54) is 44.5 Å². The lowest BCUT2D eigenvalue weighted by Gasteiger charge is -2.38. The van der Waals surface area contributed by atoms with E-state index in [4.69, 9.17) is 0 Å². The van der Waals surface area contributed by atoms with E-state index in [1.54, 1.807) is 11.3 Å². The van der Waals surface area contributed by atoms with Crippen LogP contribution in [0.15, 0.2) is 16.8 Å². The molecular formula is C14H24N2S. The summed E-state index contributed by atoms with van der Waals surface area (Å²) in [6.45, 7) is 7.22. The molecule has 1 saturated heterocycles. The molecule has 17 heavy (non-hydrogen) atoms. The zero-order chi connectivity index (χ0) is 12.1. The van der Waals surface area contributed by atoms with Gasteiger partial charge in [0.05, 0.1) is 0 Å². The fourth-order valence-electron chi connectivity index (χ4n) is 2.39. The van der Waals surface area contributed by atoms with Crippen molar-refractivity contribution in [1.29, 1.82) is 0 Å². The number of hydrogen-bond acceptors (Lipinski definition) is 3. The van der Waals surface area contributed by atoms with Crippen molar-refractivity contribution in [3.8, 4) is 0 Å². The normalized spacial score (nSPS) is 20.6. The molecule has 2 rings (SSSR count). The second-order valence-electron chi connectivity index (χ2n) is 5.67. The van der Waals surface area contributed by atoms with Crippen molar-refractivity contribution in [2.75, 3.05) is 33.2 Å². The molecule has 1 fully saturated rings. The fraction of sp³-hybridized carbons (Fsp3) is 0.714. The van der Waals surface area contributed by atoms with Crippen molar-refractivity contribution in [1.82, 2.24) is 10.2 Å². The first-order chi connectivity index (χ1) is 8.18. The van der Waals surface area contributed by atoms with Crippen molar-refractivity contribution in [2.45, 2.75) is 26.2 Å². The van der Waals surface area contributed by atoms with E-state index in [9.17, 15) is 0 Å². The number of thiophene rings is 1. The highest BCUT2D eigenvalue weighted by molar-refractivity contribution is 7.07. The standard InChI is InChI=1S/C14H24N2S/c1-14(5-8-16(2)9-6-14)12-15-7-3-13-4-10-17-11-13/h4,10-11,15H,3,5-9,12H2,1-2H3. The Hall–Kier alpha value is -0.380. The van der Waals surface area contributed by atoms with Crippen molar-refractivity contribution in [3.05, 3.63) is 22.4 Å². The predicted molar refractivity (Wildman–Crippen MR) is 75.7 cm³/mol. The quantitative estimate of drug-likeness (QED) is 0.810. The maximum absolute atomic E-state index is 3.63. The molecule has 96 valence electrons. The summed E-state index contributed by atoms with van der Waals surface area (Å²) >= 11 is 1.79. The average Bonchev–Trinajstić information content (AvgIpc) is 2.82. The predicted octanol–water partition coefficient (Wildman–Crippen LogP) is 2.61. The van der Waals surface area contributed by atoms with Gasteiger partial charge in [-0.1, -0.05) is 6.92 Å². The lowest BCUT2D eigenvalue weighted by atomic mass is 9.80. The van der Waals surface area contributed by atoms with Crippen molar-refractivity contribution in [3.63, 3.8) is 0 Å². The van der Waals surface area contributed by atoms with Gasteiger partial charge in [-0.15, -0.1) is 0 Å². The molecule has 1 N–H and O–H groups in total. The summed E-state index contributed by atoms with van der Waals surface area (Å²) in [7, 11) is 2.23. The third-order valence-electron chi connectivity index (χ3n) is 3.92. The molecule has 1 aliphatic heterocycles. The summed E-state index contributed by atoms with van der Waals surface area (Å²) in [5, 5.41) is 8.04. The van der Waals surface area contributed by atoms with Crippen LogP contribution in [0, 0.1) is 5.41 Å². The molecule has 0 aliphatic carbocycles. The monoisotopic (exact) mass is 252 g/mol. The smallest absolute Gasteiger partial charge is 0.000624 e. The van der Waals surface area contributed by atoms with Crippen LogP contribution < -0.4 is 5.32 Å². The van der Waals surface area contributed by atoms with Gasteiger partial charge < -0.3 is 10.2 Å². The van der Waals surface area contributed by atoms with Crippen LogP contribution in [0.25, 0.3) is 0 Å². The summed E-state index contributed by atoms with van der Waals surface area (Å²) in [5.41, 5.74) is 1.98. The minimum absolute atomic E-state index is 0.515. The van der Waals surface area contributed by atoms with Crippen LogP contribution in [0.2, 0.25) is 0 Å². The molecule has 2 nitrogen and oxygen atoms in total. The van der Waals surface area contributed by atoms with Gasteiger partial charge in [0, 0.05) is 6.54 Å². The Morgan fingerprint density at radius 1 is 1.41 bits per heavy atom. The van der Waals surface area contributed by atoms with Gasteiger partial charge in [0.1, 0.15) is 0 Å². The lowest BCUT2D eigenvalue weighted by molar-refractivity contribution is 0.137. The molecule has 0 atom stereocenters. The summed E-state index contributed by atoms with van der Waals surface area (Å²) in [6.07, 6.45) is 3.82. The van der Waals surface area contributed by atoms with Crippen LogP contribution in [-0.4, -0.2) is 38.1 Å². The van der Waals surface area contributed by atoms with Gasteiger partial charge in [0.15, 0.2) is 0 Å². The Bertz CT molecular complexity index is 313. The number of piperidine rings is 1. The topological polar surface area (TPSA) is 15.3 Å². The number of nitrogens with one attached hydrogen (secondary N) is 1. The number of likely N-dealkylation sites (tertiary alicyclic amines) is 1. The summed E-state index contributed by atoms with van der Waals surface area (Å²) < 4.78 is 0. The largest absolute Gasteiger partial charge is 0.316 e. The van der Waals surface area contributed by atoms with Gasteiger partial charge >= 0.3 is 0 Å². The fourth-order valence-corrected chi connectivity index (χ4v) is 3.10. The van der Waals surface area contributed by atoms with E-state index in [2.05, 4.69) is 41.0 Å². The van der Waals surface area contributed by atoms with E-state index in [0.29, 0.717) is 5.41 Å². The molecule has 1 aromatic heterocycles. The zero-order valence-corrected chi connectivity index (χ0v) is 11.9. The molecule has 2 heterocycles. The van der Waals surface area contributed by atoms with Gasteiger partial charge in [-0.05, 0) is 73.7 Å². The molecule has 1 aromatic rings. The van der Waals surface area contributed by atoms with Crippen LogP contribution in [0.1, 0.15) is 25.3 Å². The zero-order valence-electron chi connectivity index (χ0n) is 11.0. The summed E-state index contributed by atoms with van der Waals surface area (Å²) in [6, 6.07) is 2.23. The highest BCUT2D eigenvalue weighted by Crippen LogP contribution is 2.29. The van der Waals surface area contributed by atoms with Crippen molar-refractivity contribution < 1.29 is 0 Å². The number of hydrogen-bond donors (Lipinski definition) is 1. The van der Waals surface area contributed by atoms with Gasteiger partial charge in [0.2, 0.25) is 0 Å². The minimum Gasteiger partial charge on any atom is -0.316 e. The molecule has 0 saturated carbocycles. The summed E-state index contributed by atoms with van der Waals surface area (Å²) in [4.78, 5) is 2.44. The average molecular weight is 252 g/mol. The number of rotatable bonds is 5. The van der Waals surface area contributed by atoms with Crippen LogP contribution in [0.5, 0.6) is 0 Å². The van der Waals surface area contributed by atoms with Crippen LogP contribution in [0.4, 0.5) is 0 Å². The SMILES string of the molecule is CN1CCC(C)(CNCCc2ccsc2)CC1. The maximum atomic E-state index is 3.63. The second-order valence-corrected chi connectivity index (χ2v) is 6.45. The molecule has 0 bridgehead atoms. The molecule has 1 aliphatic rings. The van der Waals surface area contributed by atoms with Gasteiger partial charge in [-0.3, -0.25) is 0 Å². The second kappa shape index (κ2) is 5.98. The molecule has 3 heteroatoms. The lowest BCUT2D eigenvalue weighted by Crippen LogP contribution is -2.42. The first-order valence-electron chi connectivity index (χ1n) is 6.58. The third-order valence-corrected chi connectivity index (χ3v) is 4.65. The Morgan fingerprint density at radius 3 is 2.82 bits per heavy atom. The Balaban J connectivity index is 1.64. The van der Waals surface area contributed by atoms with Crippen LogP contribution >= 0.6 is 11.3 Å². The Labute approximate surface area is 109 Å². The Morgan fingerprint density at radius 2 is 2.18 bits per heavy atom. The van der Waals surface area contributed by atoms with Gasteiger partial charge in [0.25, 0.3) is 0 Å². The highest BCUT2D eigenvalue weighted by Gasteiger charge is 2.27. The van der Waals surface area contributed by atoms with Crippen LogP contribution in [-0.2, 0) is 6.42 Å². The molecule has 0 unspecified atom stereocenters. The van der Waals surface area contributed by atoms with Crippen LogP contribution in [0.3, 0.4) is 0 Å². The first kappa shape index (κ1) is 13.1. The van der Waals surface area contributed by atoms with Crippen molar-refractivity contribution in [2.24, 2.45) is 5.41 Å². The molecule has 0 spiro atoms. The van der Waals surface area contributed by atoms with Gasteiger partial charge in [-0.25, -0.2) is 0 Å². The molecule has 0 aromatic carbocycles. The third kappa shape index (κ3) is 4.09. The van der Waals surface area contributed by atoms with E-state index >= 15 is 0 Å². The van der Waals surface area contributed by atoms with Gasteiger partial charge in [-0.2, -0.15) is 11.3 Å². The molecule has 0 radical (unpaired) electrons. The Kier molecular flexibility index (Phi) is 4.60. The van der Waals surface area contributed by atoms with E-state index in [-0.39, 0.29) is 0 Å². The van der Waals surface area contributed by atoms with E-state index in [1.807, 2.05) is 0 Å². The number of nitrogens with zero attached hydrogens (tertiary/aromatic N) is 1. The minimum atomic E-state index is 0.515. The van der Waals surface area contributed by atoms with E-state index < -0.39 is 0 Å². The molecule has 0 amide bonds. The highest BCUT2D eigenvalue weighted by atomic mass is 32.1. The van der Waals surface area contributed by atoms with Crippen molar-refractivity contribution >= 4 is 11.3 Å². The van der Waals surface area contributed by atoms with E-state index in [0.717, 1.165) is 6.54 Å².